The molecule has 1 aliphatic heterocycles. The molecule has 1 aromatic rings. The molecule has 1 saturated heterocycles. The first-order valence-corrected chi connectivity index (χ1v) is 10.8. The van der Waals surface area contributed by atoms with Crippen molar-refractivity contribution in [2.75, 3.05) is 64.4 Å². The number of methoxy groups -OCH3 is 2. The molecule has 0 unspecified atom stereocenters. The zero-order chi connectivity index (χ0) is 22.6. The fourth-order valence-corrected chi connectivity index (χ4v) is 3.62. The maximum absolute atomic E-state index is 11.7. The number of nitrogen functional groups attached to an aromatic ring is 1. The lowest BCUT2D eigenvalue weighted by atomic mass is 9.97. The lowest BCUT2D eigenvalue weighted by molar-refractivity contribution is -0.147. The van der Waals surface area contributed by atoms with E-state index >= 15 is 0 Å². The standard InChI is InChI=1S/C21H36N6O4/c1-5-6-14-31-21-24-18(22)17(23-2)19(25-21)27(15-29-3)11-7-10-26-12-8-16(9-13-26)20(28)30-4/h16H,2,5-15H2,1,3-4H3,(H2,22,24,25). The Labute approximate surface area is 184 Å². The molecular formula is C21H36N6O4. The predicted octanol–water partition coefficient (Wildman–Crippen LogP) is 2.26. The average Bonchev–Trinajstić information content (AvgIpc) is 2.78. The van der Waals surface area contributed by atoms with E-state index in [2.05, 4.69) is 33.5 Å². The van der Waals surface area contributed by atoms with Gasteiger partial charge in [0.15, 0.2) is 11.6 Å². The summed E-state index contributed by atoms with van der Waals surface area (Å²) in [5.41, 5.74) is 6.52. The second-order valence-electron chi connectivity index (χ2n) is 7.60. The molecule has 0 atom stereocenters. The lowest BCUT2D eigenvalue weighted by Crippen LogP contribution is -2.38. The molecule has 1 aromatic heterocycles. The van der Waals surface area contributed by atoms with Gasteiger partial charge in [-0.15, -0.1) is 0 Å². The van der Waals surface area contributed by atoms with Crippen molar-refractivity contribution in [3.8, 4) is 6.01 Å². The molecule has 31 heavy (non-hydrogen) atoms. The van der Waals surface area contributed by atoms with E-state index in [-0.39, 0.29) is 23.7 Å². The summed E-state index contributed by atoms with van der Waals surface area (Å²) in [6, 6.07) is 0.235. The van der Waals surface area contributed by atoms with Gasteiger partial charge >= 0.3 is 12.0 Å². The largest absolute Gasteiger partial charge is 0.469 e. The van der Waals surface area contributed by atoms with Gasteiger partial charge in [0, 0.05) is 13.7 Å². The zero-order valence-corrected chi connectivity index (χ0v) is 19.0. The smallest absolute Gasteiger partial charge is 0.320 e. The van der Waals surface area contributed by atoms with E-state index in [1.165, 1.54) is 7.11 Å². The summed E-state index contributed by atoms with van der Waals surface area (Å²) in [5, 5.41) is 0. The number of nitrogens with zero attached hydrogens (tertiary/aromatic N) is 5. The maximum atomic E-state index is 11.7. The summed E-state index contributed by atoms with van der Waals surface area (Å²) >= 11 is 0. The van der Waals surface area contributed by atoms with Crippen molar-refractivity contribution in [2.24, 2.45) is 10.9 Å². The van der Waals surface area contributed by atoms with Crippen LogP contribution in [-0.4, -0.2) is 81.3 Å². The van der Waals surface area contributed by atoms with E-state index in [1.54, 1.807) is 7.11 Å². The molecule has 10 heteroatoms. The number of unbranched alkanes of at least 4 members (excludes halogenated alkanes) is 1. The first-order chi connectivity index (χ1) is 15.0. The third kappa shape index (κ3) is 7.32. The van der Waals surface area contributed by atoms with E-state index in [0.29, 0.717) is 31.4 Å². The van der Waals surface area contributed by atoms with Crippen molar-refractivity contribution < 1.29 is 19.0 Å². The minimum Gasteiger partial charge on any atom is -0.469 e. The predicted molar refractivity (Wildman–Crippen MR) is 121 cm³/mol. The molecular weight excluding hydrogens is 400 g/mol. The number of anilines is 2. The Bertz CT molecular complexity index is 709. The average molecular weight is 437 g/mol. The molecule has 2 rings (SSSR count). The van der Waals surface area contributed by atoms with Gasteiger partial charge in [0.05, 0.1) is 19.6 Å². The van der Waals surface area contributed by atoms with Crippen molar-refractivity contribution in [1.82, 2.24) is 14.9 Å². The molecule has 1 fully saturated rings. The van der Waals surface area contributed by atoms with Crippen LogP contribution in [0.3, 0.4) is 0 Å². The maximum Gasteiger partial charge on any atom is 0.320 e. The number of rotatable bonds is 13. The minimum atomic E-state index is -0.103. The topological polar surface area (TPSA) is 115 Å². The van der Waals surface area contributed by atoms with Crippen molar-refractivity contribution in [3.05, 3.63) is 0 Å². The van der Waals surface area contributed by atoms with E-state index in [0.717, 1.165) is 51.7 Å². The highest BCUT2D eigenvalue weighted by molar-refractivity contribution is 5.75. The van der Waals surface area contributed by atoms with E-state index in [9.17, 15) is 4.79 Å². The Morgan fingerprint density at radius 3 is 2.65 bits per heavy atom. The summed E-state index contributed by atoms with van der Waals surface area (Å²) in [7, 11) is 3.08. The fourth-order valence-electron chi connectivity index (χ4n) is 3.62. The Morgan fingerprint density at radius 1 is 1.29 bits per heavy atom. The summed E-state index contributed by atoms with van der Waals surface area (Å²) in [6.07, 6.45) is 4.48. The van der Waals surface area contributed by atoms with Crippen molar-refractivity contribution in [1.29, 1.82) is 0 Å². The van der Waals surface area contributed by atoms with Crippen LogP contribution in [0.2, 0.25) is 0 Å². The molecule has 10 nitrogen and oxygen atoms in total. The summed E-state index contributed by atoms with van der Waals surface area (Å²) in [4.78, 5) is 28.8. The summed E-state index contributed by atoms with van der Waals surface area (Å²) < 4.78 is 15.9. The van der Waals surface area contributed by atoms with Gasteiger partial charge in [-0.3, -0.25) is 9.79 Å². The van der Waals surface area contributed by atoms with Crippen LogP contribution in [0.1, 0.15) is 39.0 Å². The second kappa shape index (κ2) is 13.1. The molecule has 0 aliphatic carbocycles. The van der Waals surface area contributed by atoms with Gasteiger partial charge in [-0.05, 0) is 52.0 Å². The molecule has 1 aliphatic rings. The Morgan fingerprint density at radius 2 is 2.03 bits per heavy atom. The highest BCUT2D eigenvalue weighted by atomic mass is 16.5. The summed E-state index contributed by atoms with van der Waals surface area (Å²) in [5.74, 6) is 0.703. The molecule has 2 N–H and O–H groups in total. The molecule has 0 radical (unpaired) electrons. The first kappa shape index (κ1) is 24.8. The number of aliphatic imine (C=N–C) groups is 1. The molecule has 0 saturated carbocycles. The van der Waals surface area contributed by atoms with Crippen molar-refractivity contribution in [2.45, 2.75) is 39.0 Å². The van der Waals surface area contributed by atoms with Gasteiger partial charge in [-0.25, -0.2) is 0 Å². The third-order valence-corrected chi connectivity index (χ3v) is 5.37. The fraction of sp³-hybridized carbons (Fsp3) is 0.714. The van der Waals surface area contributed by atoms with Gasteiger partial charge < -0.3 is 29.7 Å². The Kier molecular flexibility index (Phi) is 10.5. The van der Waals surface area contributed by atoms with Crippen molar-refractivity contribution in [3.63, 3.8) is 0 Å². The van der Waals surface area contributed by atoms with Gasteiger partial charge in [0.1, 0.15) is 12.4 Å². The van der Waals surface area contributed by atoms with E-state index in [1.807, 2.05) is 4.90 Å². The van der Waals surface area contributed by atoms with Crippen LogP contribution in [0.25, 0.3) is 0 Å². The number of ether oxygens (including phenoxy) is 3. The molecule has 0 spiro atoms. The number of aromatic nitrogens is 2. The second-order valence-corrected chi connectivity index (χ2v) is 7.60. The molecule has 0 bridgehead atoms. The van der Waals surface area contributed by atoms with Crippen LogP contribution in [0, 0.1) is 5.92 Å². The third-order valence-electron chi connectivity index (χ3n) is 5.37. The number of hydrogen-bond acceptors (Lipinski definition) is 10. The first-order valence-electron chi connectivity index (χ1n) is 10.8. The number of carbonyl (C=O) groups is 1. The lowest BCUT2D eigenvalue weighted by Gasteiger charge is -2.31. The SMILES string of the molecule is C=Nc1c(N)nc(OCCCC)nc1N(CCCN1CCC(C(=O)OC)CC1)COC. The van der Waals surface area contributed by atoms with Crippen LogP contribution in [0.15, 0.2) is 4.99 Å². The van der Waals surface area contributed by atoms with Crippen LogP contribution in [0.5, 0.6) is 6.01 Å². The van der Waals surface area contributed by atoms with Crippen LogP contribution in [0.4, 0.5) is 17.3 Å². The quantitative estimate of drug-likeness (QED) is 0.215. The highest BCUT2D eigenvalue weighted by Gasteiger charge is 2.25. The van der Waals surface area contributed by atoms with Gasteiger partial charge in [0.25, 0.3) is 0 Å². The van der Waals surface area contributed by atoms with E-state index < -0.39 is 0 Å². The number of esters is 1. The Balaban J connectivity index is 1.99. The number of nitrogens with two attached hydrogens (primary N) is 1. The number of carbonyl (C=O) groups excluding carboxylic acids is 1. The number of hydrogen-bond donors (Lipinski definition) is 1. The number of likely N-dealkylation sites (tertiary alicyclic amines) is 1. The minimum absolute atomic E-state index is 0.0163. The van der Waals surface area contributed by atoms with Crippen LogP contribution >= 0.6 is 0 Å². The van der Waals surface area contributed by atoms with Gasteiger partial charge in [0.2, 0.25) is 0 Å². The van der Waals surface area contributed by atoms with Crippen LogP contribution < -0.4 is 15.4 Å². The van der Waals surface area contributed by atoms with E-state index in [4.69, 9.17) is 19.9 Å². The molecule has 174 valence electrons. The summed E-state index contributed by atoms with van der Waals surface area (Å²) in [6.45, 7) is 9.95. The van der Waals surface area contributed by atoms with Gasteiger partial charge in [-0.1, -0.05) is 13.3 Å². The van der Waals surface area contributed by atoms with Crippen molar-refractivity contribution >= 4 is 30.0 Å². The van der Waals surface area contributed by atoms with Crippen LogP contribution in [-0.2, 0) is 14.3 Å². The van der Waals surface area contributed by atoms with Gasteiger partial charge in [-0.2, -0.15) is 9.97 Å². The zero-order valence-electron chi connectivity index (χ0n) is 19.0. The molecule has 0 amide bonds. The molecule has 2 heterocycles. The normalized spacial score (nSPS) is 14.9. The Hall–Kier alpha value is -2.46. The monoisotopic (exact) mass is 436 g/mol. The molecule has 0 aromatic carbocycles. The highest BCUT2D eigenvalue weighted by Crippen LogP contribution is 2.33. The number of piperidine rings is 1.